The second-order valence-corrected chi connectivity index (χ2v) is 8.76. The highest BCUT2D eigenvalue weighted by molar-refractivity contribution is 5.85. The summed E-state index contributed by atoms with van der Waals surface area (Å²) in [5.41, 5.74) is 2.65. The smallest absolute Gasteiger partial charge is 0.237 e. The van der Waals surface area contributed by atoms with E-state index in [1.54, 1.807) is 0 Å². The summed E-state index contributed by atoms with van der Waals surface area (Å²) >= 11 is 0. The summed E-state index contributed by atoms with van der Waals surface area (Å²) in [6, 6.07) is 8.71. The summed E-state index contributed by atoms with van der Waals surface area (Å²) in [6.07, 6.45) is 3.76. The fourth-order valence-corrected chi connectivity index (χ4v) is 5.19. The molecule has 146 valence electrons. The molecule has 0 saturated carbocycles. The Morgan fingerprint density at radius 2 is 2.04 bits per heavy atom. The zero-order valence-corrected chi connectivity index (χ0v) is 16.5. The van der Waals surface area contributed by atoms with Gasteiger partial charge in [0.1, 0.15) is 0 Å². The van der Waals surface area contributed by atoms with Crippen LogP contribution >= 0.6 is 0 Å². The van der Waals surface area contributed by atoms with Gasteiger partial charge in [0.25, 0.3) is 0 Å². The molecule has 0 unspecified atom stereocenters. The van der Waals surface area contributed by atoms with Gasteiger partial charge in [-0.05, 0) is 42.7 Å². The molecule has 4 rings (SSSR count). The van der Waals surface area contributed by atoms with E-state index >= 15 is 0 Å². The van der Waals surface area contributed by atoms with Crippen LogP contribution < -0.4 is 5.32 Å². The van der Waals surface area contributed by atoms with Gasteiger partial charge >= 0.3 is 0 Å². The lowest BCUT2D eigenvalue weighted by Gasteiger charge is -2.36. The fraction of sp³-hybridized carbons (Fsp3) is 0.636. The molecule has 1 aromatic carbocycles. The van der Waals surface area contributed by atoms with Crippen LogP contribution in [0.5, 0.6) is 0 Å². The van der Waals surface area contributed by atoms with Gasteiger partial charge in [0, 0.05) is 31.7 Å². The maximum atomic E-state index is 13.6. The molecule has 3 heterocycles. The number of nitrogens with one attached hydrogen (secondary N) is 1. The third kappa shape index (κ3) is 3.62. The minimum absolute atomic E-state index is 0.0515. The van der Waals surface area contributed by atoms with Gasteiger partial charge in [0.05, 0.1) is 12.5 Å². The molecule has 3 aliphatic heterocycles. The number of hydrogen-bond donors (Lipinski definition) is 1. The Bertz CT molecular complexity index is 717. The maximum absolute atomic E-state index is 13.6. The molecule has 5 heteroatoms. The molecule has 2 fully saturated rings. The van der Waals surface area contributed by atoms with E-state index in [1.165, 1.54) is 11.1 Å². The zero-order chi connectivity index (χ0) is 19.0. The Morgan fingerprint density at radius 3 is 2.81 bits per heavy atom. The molecule has 3 atom stereocenters. The van der Waals surface area contributed by atoms with Gasteiger partial charge in [-0.25, -0.2) is 0 Å². The molecule has 1 N–H and O–H groups in total. The van der Waals surface area contributed by atoms with E-state index in [4.69, 9.17) is 0 Å². The molecule has 0 aromatic heterocycles. The molecule has 0 bridgehead atoms. The summed E-state index contributed by atoms with van der Waals surface area (Å²) < 4.78 is 0. The number of aryl methyl sites for hydroxylation is 1. The van der Waals surface area contributed by atoms with Crippen LogP contribution in [0.15, 0.2) is 24.3 Å². The van der Waals surface area contributed by atoms with E-state index in [2.05, 4.69) is 48.3 Å². The Balaban J connectivity index is 1.57. The predicted molar refractivity (Wildman–Crippen MR) is 105 cm³/mol. The van der Waals surface area contributed by atoms with Crippen LogP contribution in [0.2, 0.25) is 0 Å². The standard InChI is InChI=1S/C22H31N3O2/c1-15(2)10-20-19(11-18-12-23-13-21(26)25(18)20)22(27)24-9-5-8-16-6-3-4-7-17(16)14-24/h3-4,6-7,15,18-20,23H,5,8-14H2,1-2H3/t18-,19-,20-/m1/s1. The van der Waals surface area contributed by atoms with Crippen molar-refractivity contribution in [1.29, 1.82) is 0 Å². The lowest BCUT2D eigenvalue weighted by Crippen LogP contribution is -2.55. The van der Waals surface area contributed by atoms with Crippen molar-refractivity contribution in [1.82, 2.24) is 15.1 Å². The normalized spacial score (nSPS) is 28.1. The lowest BCUT2D eigenvalue weighted by atomic mass is 9.90. The Morgan fingerprint density at radius 1 is 1.26 bits per heavy atom. The monoisotopic (exact) mass is 369 g/mol. The van der Waals surface area contributed by atoms with Crippen LogP contribution in [0.4, 0.5) is 0 Å². The minimum Gasteiger partial charge on any atom is -0.338 e. The van der Waals surface area contributed by atoms with Crippen molar-refractivity contribution in [3.05, 3.63) is 35.4 Å². The van der Waals surface area contributed by atoms with Crippen molar-refractivity contribution >= 4 is 11.8 Å². The van der Waals surface area contributed by atoms with Crippen LogP contribution in [0.3, 0.4) is 0 Å². The van der Waals surface area contributed by atoms with E-state index in [9.17, 15) is 9.59 Å². The summed E-state index contributed by atoms with van der Waals surface area (Å²) in [7, 11) is 0. The number of benzene rings is 1. The first kappa shape index (κ1) is 18.5. The molecule has 2 saturated heterocycles. The van der Waals surface area contributed by atoms with Crippen molar-refractivity contribution in [2.24, 2.45) is 11.8 Å². The number of fused-ring (bicyclic) bond motifs is 2. The molecule has 5 nitrogen and oxygen atoms in total. The number of rotatable bonds is 3. The maximum Gasteiger partial charge on any atom is 0.237 e. The van der Waals surface area contributed by atoms with Crippen molar-refractivity contribution in [3.63, 3.8) is 0 Å². The van der Waals surface area contributed by atoms with Crippen molar-refractivity contribution in [2.75, 3.05) is 19.6 Å². The molecule has 2 amide bonds. The van der Waals surface area contributed by atoms with Gasteiger partial charge in [0.2, 0.25) is 11.8 Å². The van der Waals surface area contributed by atoms with Gasteiger partial charge in [0.15, 0.2) is 0 Å². The van der Waals surface area contributed by atoms with Crippen LogP contribution in [0.25, 0.3) is 0 Å². The highest BCUT2D eigenvalue weighted by Crippen LogP contribution is 2.36. The van der Waals surface area contributed by atoms with Crippen molar-refractivity contribution in [2.45, 2.75) is 58.2 Å². The molecule has 0 spiro atoms. The summed E-state index contributed by atoms with van der Waals surface area (Å²) in [5, 5.41) is 3.23. The van der Waals surface area contributed by atoms with Crippen molar-refractivity contribution < 1.29 is 9.59 Å². The number of hydrogen-bond acceptors (Lipinski definition) is 3. The van der Waals surface area contributed by atoms with Crippen LogP contribution in [-0.2, 0) is 22.6 Å². The largest absolute Gasteiger partial charge is 0.338 e. The number of carbonyl (C=O) groups excluding carboxylic acids is 2. The first-order chi connectivity index (χ1) is 13.0. The molecule has 0 radical (unpaired) electrons. The average Bonchev–Trinajstić information content (AvgIpc) is 2.86. The van der Waals surface area contributed by atoms with Crippen molar-refractivity contribution in [3.8, 4) is 0 Å². The highest BCUT2D eigenvalue weighted by atomic mass is 16.2. The number of carbonyl (C=O) groups is 2. The Labute approximate surface area is 162 Å². The summed E-state index contributed by atoms with van der Waals surface area (Å²) in [5.74, 6) is 0.816. The van der Waals surface area contributed by atoms with Crippen LogP contribution in [0.1, 0.15) is 44.2 Å². The quantitative estimate of drug-likeness (QED) is 0.889. The lowest BCUT2D eigenvalue weighted by molar-refractivity contribution is -0.139. The Kier molecular flexibility index (Phi) is 5.22. The molecule has 0 aliphatic carbocycles. The first-order valence-electron chi connectivity index (χ1n) is 10.4. The molecular formula is C22H31N3O2. The van der Waals surface area contributed by atoms with E-state index in [0.717, 1.165) is 38.8 Å². The molecule has 27 heavy (non-hydrogen) atoms. The van der Waals surface area contributed by atoms with Gasteiger partial charge in [-0.3, -0.25) is 9.59 Å². The third-order valence-electron chi connectivity index (χ3n) is 6.38. The van der Waals surface area contributed by atoms with Gasteiger partial charge in [-0.15, -0.1) is 0 Å². The summed E-state index contributed by atoms with van der Waals surface area (Å²) in [4.78, 5) is 30.2. The van der Waals surface area contributed by atoms with E-state index < -0.39 is 0 Å². The van der Waals surface area contributed by atoms with E-state index in [1.807, 2.05) is 4.90 Å². The topological polar surface area (TPSA) is 52.7 Å². The van der Waals surface area contributed by atoms with Gasteiger partial charge < -0.3 is 15.1 Å². The number of nitrogens with zero attached hydrogens (tertiary/aromatic N) is 2. The van der Waals surface area contributed by atoms with Crippen LogP contribution in [0, 0.1) is 11.8 Å². The second-order valence-electron chi connectivity index (χ2n) is 8.76. The molecular weight excluding hydrogens is 338 g/mol. The van der Waals surface area contributed by atoms with Gasteiger partial charge in [-0.1, -0.05) is 38.1 Å². The fourth-order valence-electron chi connectivity index (χ4n) is 5.19. The zero-order valence-electron chi connectivity index (χ0n) is 16.5. The first-order valence-corrected chi connectivity index (χ1v) is 10.4. The Hall–Kier alpha value is -1.88. The SMILES string of the molecule is CC(C)C[C@@H]1[C@H](C(=O)N2CCCc3ccccc3C2)C[C@@H]2CNCC(=O)N21. The molecule has 3 aliphatic rings. The summed E-state index contributed by atoms with van der Waals surface area (Å²) in [6.45, 7) is 7.11. The predicted octanol–water partition coefficient (Wildman–Crippen LogP) is 2.20. The molecule has 1 aromatic rings. The third-order valence-corrected chi connectivity index (χ3v) is 6.38. The number of amides is 2. The van der Waals surface area contributed by atoms with E-state index in [0.29, 0.717) is 19.0 Å². The minimum atomic E-state index is -0.0634. The highest BCUT2D eigenvalue weighted by Gasteiger charge is 2.48. The average molecular weight is 370 g/mol. The van der Waals surface area contributed by atoms with Gasteiger partial charge in [-0.2, -0.15) is 0 Å². The second kappa shape index (κ2) is 7.63. The number of piperazine rings is 1. The van der Waals surface area contributed by atoms with Crippen LogP contribution in [-0.4, -0.2) is 53.3 Å². The van der Waals surface area contributed by atoms with E-state index in [-0.39, 0.29) is 29.8 Å².